The zero-order valence-corrected chi connectivity index (χ0v) is 10.9. The summed E-state index contributed by atoms with van der Waals surface area (Å²) < 4.78 is 26.4. The molecule has 0 amide bonds. The summed E-state index contributed by atoms with van der Waals surface area (Å²) in [6.07, 6.45) is 5.01. The molecule has 0 aliphatic heterocycles. The van der Waals surface area contributed by atoms with Crippen molar-refractivity contribution in [3.63, 3.8) is 0 Å². The molecule has 1 aromatic heterocycles. The second-order valence-electron chi connectivity index (χ2n) is 4.49. The molecule has 0 spiro atoms. The van der Waals surface area contributed by atoms with E-state index in [0.717, 1.165) is 22.9 Å². The topological polar surface area (TPSA) is 41.6 Å². The van der Waals surface area contributed by atoms with Gasteiger partial charge in [-0.25, -0.2) is 8.78 Å². The SMILES string of the molecule is Fc1ccc(/C=C/c2cccc(-c3cnn[nH]3)c2)c(F)c1. The van der Waals surface area contributed by atoms with Crippen molar-refractivity contribution in [2.45, 2.75) is 0 Å². The highest BCUT2D eigenvalue weighted by Crippen LogP contribution is 2.19. The molecule has 3 aromatic rings. The molecule has 0 fully saturated rings. The van der Waals surface area contributed by atoms with Gasteiger partial charge < -0.3 is 0 Å². The van der Waals surface area contributed by atoms with Crippen molar-refractivity contribution in [1.82, 2.24) is 15.4 Å². The minimum absolute atomic E-state index is 0.338. The minimum atomic E-state index is -0.585. The summed E-state index contributed by atoms with van der Waals surface area (Å²) in [7, 11) is 0. The van der Waals surface area contributed by atoms with Gasteiger partial charge in [-0.1, -0.05) is 35.6 Å². The summed E-state index contributed by atoms with van der Waals surface area (Å²) in [5.41, 5.74) is 2.97. The molecule has 0 unspecified atom stereocenters. The molecule has 104 valence electrons. The largest absolute Gasteiger partial charge is 0.258 e. The molecule has 5 heteroatoms. The first kappa shape index (κ1) is 13.2. The van der Waals surface area contributed by atoms with Crippen LogP contribution in [0.3, 0.4) is 0 Å². The lowest BCUT2D eigenvalue weighted by Crippen LogP contribution is -1.84. The number of hydrogen-bond donors (Lipinski definition) is 1. The third-order valence-electron chi connectivity index (χ3n) is 3.03. The minimum Gasteiger partial charge on any atom is -0.258 e. The summed E-state index contributed by atoms with van der Waals surface area (Å²) in [5, 5.41) is 10.2. The van der Waals surface area contributed by atoms with Gasteiger partial charge in [-0.2, -0.15) is 0 Å². The average Bonchev–Trinajstić information content (AvgIpc) is 3.01. The first-order valence-corrected chi connectivity index (χ1v) is 6.32. The quantitative estimate of drug-likeness (QED) is 0.740. The molecular weight excluding hydrogens is 272 g/mol. The van der Waals surface area contributed by atoms with Crippen LogP contribution in [0.15, 0.2) is 48.7 Å². The Bertz CT molecular complexity index is 780. The molecule has 0 atom stereocenters. The predicted molar refractivity (Wildman–Crippen MR) is 77.1 cm³/mol. The monoisotopic (exact) mass is 283 g/mol. The summed E-state index contributed by atoms with van der Waals surface area (Å²) in [6.45, 7) is 0. The number of nitrogens with one attached hydrogen (secondary N) is 1. The molecule has 1 heterocycles. The maximum absolute atomic E-state index is 13.5. The zero-order valence-electron chi connectivity index (χ0n) is 10.9. The Morgan fingerprint density at radius 1 is 1.00 bits per heavy atom. The molecule has 0 radical (unpaired) electrons. The van der Waals surface area contributed by atoms with Gasteiger partial charge in [0.25, 0.3) is 0 Å². The Balaban J connectivity index is 1.88. The second-order valence-corrected chi connectivity index (χ2v) is 4.49. The van der Waals surface area contributed by atoms with Crippen molar-refractivity contribution in [1.29, 1.82) is 0 Å². The van der Waals surface area contributed by atoms with Crippen molar-refractivity contribution >= 4 is 12.2 Å². The van der Waals surface area contributed by atoms with Gasteiger partial charge in [0.2, 0.25) is 0 Å². The van der Waals surface area contributed by atoms with E-state index in [4.69, 9.17) is 0 Å². The van der Waals surface area contributed by atoms with Crippen LogP contribution in [-0.2, 0) is 0 Å². The number of aromatic nitrogens is 3. The third kappa shape index (κ3) is 3.02. The van der Waals surface area contributed by atoms with E-state index in [9.17, 15) is 8.78 Å². The van der Waals surface area contributed by atoms with Gasteiger partial charge in [0.1, 0.15) is 11.6 Å². The number of benzene rings is 2. The molecular formula is C16H11F2N3. The van der Waals surface area contributed by atoms with Crippen LogP contribution in [0, 0.1) is 11.6 Å². The van der Waals surface area contributed by atoms with Crippen molar-refractivity contribution in [3.05, 3.63) is 71.4 Å². The van der Waals surface area contributed by atoms with Crippen LogP contribution in [0.1, 0.15) is 11.1 Å². The molecule has 3 rings (SSSR count). The highest BCUT2D eigenvalue weighted by molar-refractivity contribution is 5.72. The van der Waals surface area contributed by atoms with Crippen molar-refractivity contribution in [2.75, 3.05) is 0 Å². The summed E-state index contributed by atoms with van der Waals surface area (Å²) in [6, 6.07) is 11.1. The van der Waals surface area contributed by atoms with Crippen LogP contribution in [0.4, 0.5) is 8.78 Å². The lowest BCUT2D eigenvalue weighted by atomic mass is 10.1. The van der Waals surface area contributed by atoms with E-state index in [1.807, 2.05) is 24.3 Å². The summed E-state index contributed by atoms with van der Waals surface area (Å²) in [4.78, 5) is 0. The second kappa shape index (κ2) is 5.66. The lowest BCUT2D eigenvalue weighted by Gasteiger charge is -2.00. The first-order chi connectivity index (χ1) is 10.2. The fourth-order valence-corrected chi connectivity index (χ4v) is 1.97. The van der Waals surface area contributed by atoms with Gasteiger partial charge in [0.15, 0.2) is 0 Å². The lowest BCUT2D eigenvalue weighted by molar-refractivity contribution is 0.581. The van der Waals surface area contributed by atoms with Gasteiger partial charge in [-0.05, 0) is 23.8 Å². The van der Waals surface area contributed by atoms with E-state index < -0.39 is 11.6 Å². The summed E-state index contributed by atoms with van der Waals surface area (Å²) >= 11 is 0. The molecule has 0 bridgehead atoms. The highest BCUT2D eigenvalue weighted by Gasteiger charge is 2.01. The van der Waals surface area contributed by atoms with Gasteiger partial charge in [0.05, 0.1) is 11.9 Å². The predicted octanol–water partition coefficient (Wildman–Crippen LogP) is 3.92. The Labute approximate surface area is 120 Å². The number of rotatable bonds is 3. The van der Waals surface area contributed by atoms with E-state index in [2.05, 4.69) is 15.4 Å². The standard InChI is InChI=1S/C16H11F2N3/c17-14-7-6-12(15(18)9-14)5-4-11-2-1-3-13(8-11)16-10-19-21-20-16/h1-10H,(H,19,20,21)/b5-4+. The smallest absolute Gasteiger partial charge is 0.133 e. The maximum Gasteiger partial charge on any atom is 0.133 e. The van der Waals surface area contributed by atoms with E-state index in [1.54, 1.807) is 18.3 Å². The van der Waals surface area contributed by atoms with Gasteiger partial charge >= 0.3 is 0 Å². The molecule has 3 nitrogen and oxygen atoms in total. The first-order valence-electron chi connectivity index (χ1n) is 6.32. The van der Waals surface area contributed by atoms with E-state index in [1.165, 1.54) is 12.1 Å². The Kier molecular flexibility index (Phi) is 3.55. The molecule has 0 saturated carbocycles. The number of hydrogen-bond acceptors (Lipinski definition) is 2. The normalized spacial score (nSPS) is 11.1. The van der Waals surface area contributed by atoms with Crippen LogP contribution in [0.25, 0.3) is 23.4 Å². The highest BCUT2D eigenvalue weighted by atomic mass is 19.1. The Hall–Kier alpha value is -2.82. The van der Waals surface area contributed by atoms with E-state index in [-0.39, 0.29) is 0 Å². The fourth-order valence-electron chi connectivity index (χ4n) is 1.97. The number of nitrogens with zero attached hydrogens (tertiary/aromatic N) is 2. The van der Waals surface area contributed by atoms with Crippen molar-refractivity contribution < 1.29 is 8.78 Å². The van der Waals surface area contributed by atoms with Gasteiger partial charge in [0, 0.05) is 17.2 Å². The van der Waals surface area contributed by atoms with E-state index >= 15 is 0 Å². The molecule has 0 aliphatic carbocycles. The van der Waals surface area contributed by atoms with Gasteiger partial charge in [-0.15, -0.1) is 5.10 Å². The van der Waals surface area contributed by atoms with Crippen LogP contribution in [-0.4, -0.2) is 15.4 Å². The molecule has 1 N–H and O–H groups in total. The molecule has 0 saturated heterocycles. The van der Waals surface area contributed by atoms with Crippen molar-refractivity contribution in [3.8, 4) is 11.3 Å². The van der Waals surface area contributed by atoms with Crippen LogP contribution in [0.2, 0.25) is 0 Å². The molecule has 0 aliphatic rings. The number of aromatic amines is 1. The van der Waals surface area contributed by atoms with Crippen LogP contribution in [0.5, 0.6) is 0 Å². The van der Waals surface area contributed by atoms with Crippen molar-refractivity contribution in [2.24, 2.45) is 0 Å². The number of halogens is 2. The van der Waals surface area contributed by atoms with E-state index in [0.29, 0.717) is 5.56 Å². The molecule has 2 aromatic carbocycles. The summed E-state index contributed by atoms with van der Waals surface area (Å²) in [5.74, 6) is -1.17. The zero-order chi connectivity index (χ0) is 14.7. The van der Waals surface area contributed by atoms with Gasteiger partial charge in [-0.3, -0.25) is 5.10 Å². The van der Waals surface area contributed by atoms with Crippen LogP contribution < -0.4 is 0 Å². The Morgan fingerprint density at radius 3 is 2.67 bits per heavy atom. The van der Waals surface area contributed by atoms with Crippen LogP contribution >= 0.6 is 0 Å². The fraction of sp³-hybridized carbons (Fsp3) is 0. The maximum atomic E-state index is 13.5. The third-order valence-corrected chi connectivity index (χ3v) is 3.03. The molecule has 21 heavy (non-hydrogen) atoms. The average molecular weight is 283 g/mol. The number of H-pyrrole nitrogens is 1. The Morgan fingerprint density at radius 2 is 1.90 bits per heavy atom.